The van der Waals surface area contributed by atoms with Crippen molar-refractivity contribution in [3.8, 4) is 0 Å². The van der Waals surface area contributed by atoms with Crippen molar-refractivity contribution in [1.29, 1.82) is 5.41 Å². The highest BCUT2D eigenvalue weighted by molar-refractivity contribution is 6.01. The first-order valence-electron chi connectivity index (χ1n) is 17.0. The highest BCUT2D eigenvalue weighted by Gasteiger charge is 2.37. The van der Waals surface area contributed by atoms with E-state index >= 15 is 0 Å². The van der Waals surface area contributed by atoms with Gasteiger partial charge in [-0.05, 0) is 95.0 Å². The highest BCUT2D eigenvalue weighted by Crippen LogP contribution is 2.39. The van der Waals surface area contributed by atoms with Crippen molar-refractivity contribution >= 4 is 29.2 Å². The predicted molar refractivity (Wildman–Crippen MR) is 186 cm³/mol. The molecule has 1 aromatic carbocycles. The molecule has 2 aromatic heterocycles. The number of hydrogen-bond donors (Lipinski definition) is 3. The van der Waals surface area contributed by atoms with E-state index in [0.717, 1.165) is 51.2 Å². The Balaban J connectivity index is 0.00000286. The van der Waals surface area contributed by atoms with Crippen molar-refractivity contribution in [2.24, 2.45) is 17.6 Å². The van der Waals surface area contributed by atoms with E-state index < -0.39 is 41.5 Å². The fourth-order valence-corrected chi connectivity index (χ4v) is 5.49. The summed E-state index contributed by atoms with van der Waals surface area (Å²) in [5.74, 6) is 1.20. The summed E-state index contributed by atoms with van der Waals surface area (Å²) in [6.07, 6.45) is -3.46. The normalized spacial score (nSPS) is 14.7. The third-order valence-electron chi connectivity index (χ3n) is 8.21. The van der Waals surface area contributed by atoms with Crippen LogP contribution in [0, 0.1) is 17.2 Å². The number of hydrogen-bond acceptors (Lipinski definition) is 8. The Kier molecular flexibility index (Phi) is 11.9. The Morgan fingerprint density at radius 3 is 1.78 bits per heavy atom. The van der Waals surface area contributed by atoms with Crippen molar-refractivity contribution in [3.05, 3.63) is 70.0 Å². The molecule has 51 heavy (non-hydrogen) atoms. The first-order chi connectivity index (χ1) is 23.8. The number of amides is 1. The summed E-state index contributed by atoms with van der Waals surface area (Å²) in [4.78, 5) is 28.9. The van der Waals surface area contributed by atoms with Crippen LogP contribution >= 0.6 is 0 Å². The number of alkyl halides is 6. The minimum Gasteiger partial charge on any atom is -0.366 e. The molecule has 2 aliphatic rings. The quantitative estimate of drug-likeness (QED) is 0.120. The van der Waals surface area contributed by atoms with Crippen molar-refractivity contribution in [2.75, 3.05) is 28.2 Å². The van der Waals surface area contributed by atoms with Crippen LogP contribution < -0.4 is 20.9 Å². The number of primary amides is 1. The molecule has 15 heteroatoms. The lowest BCUT2D eigenvalue weighted by Crippen LogP contribution is -2.34. The van der Waals surface area contributed by atoms with Gasteiger partial charge in [0, 0.05) is 61.0 Å². The molecule has 0 spiro atoms. The number of carbonyl (C=O) groups excluding carboxylic acids is 1. The molecule has 1 amide bonds. The second-order valence-electron chi connectivity index (χ2n) is 14.1. The number of carbonyl (C=O) groups is 1. The highest BCUT2D eigenvalue weighted by atomic mass is 19.4. The van der Waals surface area contributed by atoms with Gasteiger partial charge in [0.2, 0.25) is 5.95 Å². The van der Waals surface area contributed by atoms with Gasteiger partial charge in [-0.15, -0.1) is 0 Å². The van der Waals surface area contributed by atoms with Crippen LogP contribution in [-0.2, 0) is 25.4 Å². The SMILES string of the molecule is CC.CC(=N)c1cc(CN(Cc2cc(C(F)(F)F)cc(C(F)(F)F)c2)c2ncc(C(N)=O)cn2)c(N(CC2CC2)CC2CC2)nc1NC(C)(C)C. The van der Waals surface area contributed by atoms with E-state index in [1.165, 1.54) is 4.90 Å². The molecular formula is C36H46F6N8O. The Morgan fingerprint density at radius 2 is 1.37 bits per heavy atom. The summed E-state index contributed by atoms with van der Waals surface area (Å²) in [7, 11) is 0. The molecule has 4 N–H and O–H groups in total. The maximum absolute atomic E-state index is 13.8. The van der Waals surface area contributed by atoms with Gasteiger partial charge in [-0.25, -0.2) is 15.0 Å². The van der Waals surface area contributed by atoms with Gasteiger partial charge in [0.1, 0.15) is 11.6 Å². The number of anilines is 3. The minimum absolute atomic E-state index is 0.0242. The molecule has 9 nitrogen and oxygen atoms in total. The van der Waals surface area contributed by atoms with Gasteiger partial charge >= 0.3 is 12.4 Å². The van der Waals surface area contributed by atoms with Crippen LogP contribution in [0.1, 0.15) is 105 Å². The Hall–Kier alpha value is -4.43. The summed E-state index contributed by atoms with van der Waals surface area (Å²) >= 11 is 0. The van der Waals surface area contributed by atoms with Crippen molar-refractivity contribution in [1.82, 2.24) is 15.0 Å². The Morgan fingerprint density at radius 1 is 0.863 bits per heavy atom. The number of benzene rings is 1. The number of nitrogens with one attached hydrogen (secondary N) is 2. The molecule has 0 aliphatic heterocycles. The molecule has 0 atom stereocenters. The smallest absolute Gasteiger partial charge is 0.366 e. The molecule has 2 fully saturated rings. The second kappa shape index (κ2) is 15.4. The van der Waals surface area contributed by atoms with E-state index in [1.54, 1.807) is 13.0 Å². The van der Waals surface area contributed by atoms with E-state index in [1.807, 2.05) is 34.6 Å². The van der Waals surface area contributed by atoms with E-state index in [0.29, 0.717) is 46.7 Å². The monoisotopic (exact) mass is 720 g/mol. The van der Waals surface area contributed by atoms with Crippen LogP contribution in [-0.4, -0.2) is 45.2 Å². The number of pyridine rings is 1. The van der Waals surface area contributed by atoms with Crippen LogP contribution in [0.3, 0.4) is 0 Å². The standard InChI is InChI=1S/C34H40F6N8O.C2H6/c1-19(41)27-11-23(30(45-29(27)46-32(2,3)4)47(15-20-5-6-20)16-21-7-8-21)18-48(31-43-13-24(14-44-31)28(42)49)17-22-9-25(33(35,36)37)12-26(10-22)34(38,39)40;1-2/h9-14,20-21,41H,5-8,15-18H2,1-4H3,(H2,42,49)(H,45,46);1-2H3. The fourth-order valence-electron chi connectivity index (χ4n) is 5.49. The largest absolute Gasteiger partial charge is 0.416 e. The van der Waals surface area contributed by atoms with Gasteiger partial charge in [0.05, 0.1) is 16.7 Å². The lowest BCUT2D eigenvalue weighted by atomic mass is 10.0. The average molecular weight is 721 g/mol. The average Bonchev–Trinajstić information content (AvgIpc) is 3.98. The van der Waals surface area contributed by atoms with Gasteiger partial charge in [-0.1, -0.05) is 13.8 Å². The number of nitrogens with zero attached hydrogens (tertiary/aromatic N) is 5. The van der Waals surface area contributed by atoms with E-state index in [-0.39, 0.29) is 35.4 Å². The van der Waals surface area contributed by atoms with Gasteiger partial charge < -0.3 is 26.3 Å². The lowest BCUT2D eigenvalue weighted by Gasteiger charge is -2.31. The number of halogens is 6. The summed E-state index contributed by atoms with van der Waals surface area (Å²) in [5, 5.41) is 12.0. The number of aromatic nitrogens is 3. The zero-order valence-electron chi connectivity index (χ0n) is 29.8. The van der Waals surface area contributed by atoms with Gasteiger partial charge in [0.25, 0.3) is 5.91 Å². The molecule has 0 bridgehead atoms. The van der Waals surface area contributed by atoms with Crippen molar-refractivity contribution in [3.63, 3.8) is 0 Å². The van der Waals surface area contributed by atoms with Crippen molar-refractivity contribution < 1.29 is 31.1 Å². The van der Waals surface area contributed by atoms with Crippen LogP contribution in [0.15, 0.2) is 36.7 Å². The zero-order valence-corrected chi connectivity index (χ0v) is 29.8. The number of nitrogens with two attached hydrogens (primary N) is 1. The molecule has 2 heterocycles. The first kappa shape index (κ1) is 39.4. The molecule has 0 radical (unpaired) electrons. The van der Waals surface area contributed by atoms with E-state index in [2.05, 4.69) is 20.2 Å². The lowest BCUT2D eigenvalue weighted by molar-refractivity contribution is -0.143. The van der Waals surface area contributed by atoms with Gasteiger partial charge in [-0.3, -0.25) is 4.79 Å². The summed E-state index contributed by atoms with van der Waals surface area (Å²) in [5.41, 5.74) is 3.07. The van der Waals surface area contributed by atoms with Crippen LogP contribution in [0.5, 0.6) is 0 Å². The minimum atomic E-state index is -5.03. The van der Waals surface area contributed by atoms with E-state index in [4.69, 9.17) is 16.1 Å². The Labute approximate surface area is 294 Å². The summed E-state index contributed by atoms with van der Waals surface area (Å²) in [6.45, 7) is 12.5. The summed E-state index contributed by atoms with van der Waals surface area (Å²) in [6, 6.07) is 3.23. The third-order valence-corrected chi connectivity index (χ3v) is 8.21. The second-order valence-corrected chi connectivity index (χ2v) is 14.1. The maximum atomic E-state index is 13.8. The van der Waals surface area contributed by atoms with E-state index in [9.17, 15) is 31.1 Å². The molecule has 0 saturated heterocycles. The third kappa shape index (κ3) is 11.0. The Bertz CT molecular complexity index is 1650. The molecular weight excluding hydrogens is 674 g/mol. The fraction of sp³-hybridized carbons (Fsp3) is 0.528. The van der Waals surface area contributed by atoms with Crippen LogP contribution in [0.4, 0.5) is 43.9 Å². The van der Waals surface area contributed by atoms with Gasteiger partial charge in [-0.2, -0.15) is 26.3 Å². The maximum Gasteiger partial charge on any atom is 0.416 e. The first-order valence-corrected chi connectivity index (χ1v) is 17.0. The number of rotatable bonds is 13. The van der Waals surface area contributed by atoms with Crippen LogP contribution in [0.2, 0.25) is 0 Å². The van der Waals surface area contributed by atoms with Gasteiger partial charge in [0.15, 0.2) is 0 Å². The van der Waals surface area contributed by atoms with Crippen molar-refractivity contribution in [2.45, 2.75) is 98.2 Å². The van der Waals surface area contributed by atoms with Crippen LogP contribution in [0.25, 0.3) is 0 Å². The summed E-state index contributed by atoms with van der Waals surface area (Å²) < 4.78 is 82.9. The molecule has 0 unspecified atom stereocenters. The zero-order chi connectivity index (χ0) is 37.9. The molecule has 2 saturated carbocycles. The molecule has 2 aliphatic carbocycles. The topological polar surface area (TPSA) is 124 Å². The molecule has 5 rings (SSSR count). The molecule has 278 valence electrons. The molecule has 3 aromatic rings. The predicted octanol–water partition coefficient (Wildman–Crippen LogP) is 8.47.